The average Bonchev–Trinajstić information content (AvgIpc) is 2.93. The molecule has 0 aliphatic carbocycles. The van der Waals surface area contributed by atoms with Crippen LogP contribution in [0.2, 0.25) is 0 Å². The van der Waals surface area contributed by atoms with Crippen LogP contribution < -0.4 is 4.74 Å². The highest BCUT2D eigenvalue weighted by Gasteiger charge is 2.32. The summed E-state index contributed by atoms with van der Waals surface area (Å²) in [5.74, 6) is -0.807. The fraction of sp³-hybridized carbons (Fsp3) is 0.412. The zero-order valence-electron chi connectivity index (χ0n) is 15.5. The molecule has 0 radical (unpaired) electrons. The fourth-order valence-corrected chi connectivity index (χ4v) is 4.41. The lowest BCUT2D eigenvalue weighted by molar-refractivity contribution is -0.274. The molecule has 1 aromatic carbocycles. The van der Waals surface area contributed by atoms with E-state index >= 15 is 0 Å². The Kier molecular flexibility index (Phi) is 5.85. The van der Waals surface area contributed by atoms with Crippen molar-refractivity contribution in [2.45, 2.75) is 17.8 Å². The summed E-state index contributed by atoms with van der Waals surface area (Å²) < 4.78 is 68.7. The standard InChI is InChI=1S/C17H19F3N4O4S/c1-22-11-15(21-12-22)29(26,27)24-8-2-7-23(9-10-24)16(25)13-3-5-14(6-4-13)28-17(18,19)20/h3-6,11-12H,2,7-10H2,1H3. The first-order valence-electron chi connectivity index (χ1n) is 8.69. The summed E-state index contributed by atoms with van der Waals surface area (Å²) in [4.78, 5) is 18.0. The minimum atomic E-state index is -4.81. The minimum absolute atomic E-state index is 0.0555. The number of amides is 1. The lowest BCUT2D eigenvalue weighted by atomic mass is 10.2. The third-order valence-corrected chi connectivity index (χ3v) is 6.15. The molecule has 158 valence electrons. The highest BCUT2D eigenvalue weighted by Crippen LogP contribution is 2.23. The summed E-state index contributed by atoms with van der Waals surface area (Å²) in [6, 6.07) is 4.63. The quantitative estimate of drug-likeness (QED) is 0.736. The average molecular weight is 432 g/mol. The summed E-state index contributed by atoms with van der Waals surface area (Å²) in [7, 11) is -2.09. The number of sulfonamides is 1. The van der Waals surface area contributed by atoms with E-state index < -0.39 is 22.1 Å². The van der Waals surface area contributed by atoms with E-state index in [2.05, 4.69) is 9.72 Å². The molecule has 29 heavy (non-hydrogen) atoms. The molecule has 0 saturated carbocycles. The summed E-state index contributed by atoms with van der Waals surface area (Å²) >= 11 is 0. The van der Waals surface area contributed by atoms with E-state index in [0.717, 1.165) is 12.1 Å². The molecule has 12 heteroatoms. The number of aryl methyl sites for hydroxylation is 1. The molecular formula is C17H19F3N4O4S. The van der Waals surface area contributed by atoms with Crippen LogP contribution >= 0.6 is 0 Å². The third-order valence-electron chi connectivity index (χ3n) is 4.36. The van der Waals surface area contributed by atoms with Gasteiger partial charge in [0.15, 0.2) is 5.03 Å². The third kappa shape index (κ3) is 5.07. The molecule has 2 aromatic rings. The summed E-state index contributed by atoms with van der Waals surface area (Å²) in [5.41, 5.74) is 0.195. The predicted molar refractivity (Wildman–Crippen MR) is 95.6 cm³/mol. The first-order chi connectivity index (χ1) is 13.6. The summed E-state index contributed by atoms with van der Waals surface area (Å²) in [6.07, 6.45) is -1.58. The van der Waals surface area contributed by atoms with Crippen molar-refractivity contribution in [3.8, 4) is 5.75 Å². The zero-order valence-corrected chi connectivity index (χ0v) is 16.3. The Hall–Kier alpha value is -2.60. The van der Waals surface area contributed by atoms with Crippen LogP contribution in [0.25, 0.3) is 0 Å². The Morgan fingerprint density at radius 2 is 1.79 bits per heavy atom. The SMILES string of the molecule is Cn1cnc(S(=O)(=O)N2CCCN(C(=O)c3ccc(OC(F)(F)F)cc3)CC2)c1. The monoisotopic (exact) mass is 432 g/mol. The number of hydrogen-bond donors (Lipinski definition) is 0. The van der Waals surface area contributed by atoms with Gasteiger partial charge in [0, 0.05) is 45.0 Å². The van der Waals surface area contributed by atoms with E-state index in [1.165, 1.54) is 38.4 Å². The lowest BCUT2D eigenvalue weighted by Crippen LogP contribution is -2.37. The largest absolute Gasteiger partial charge is 0.573 e. The molecule has 3 rings (SSSR count). The second-order valence-electron chi connectivity index (χ2n) is 6.50. The number of carbonyl (C=O) groups is 1. The Morgan fingerprint density at radius 3 is 2.38 bits per heavy atom. The molecule has 1 aliphatic rings. The number of benzene rings is 1. The van der Waals surface area contributed by atoms with Crippen LogP contribution in [0.1, 0.15) is 16.8 Å². The number of imidazole rings is 1. The van der Waals surface area contributed by atoms with E-state index in [1.807, 2.05) is 0 Å². The van der Waals surface area contributed by atoms with Crippen molar-refractivity contribution in [2.75, 3.05) is 26.2 Å². The number of halogens is 3. The Balaban J connectivity index is 1.67. The van der Waals surface area contributed by atoms with Gasteiger partial charge in [-0.2, -0.15) is 4.31 Å². The molecule has 0 unspecified atom stereocenters. The van der Waals surface area contributed by atoms with E-state index in [0.29, 0.717) is 13.0 Å². The van der Waals surface area contributed by atoms with Crippen LogP contribution in [0.15, 0.2) is 41.8 Å². The van der Waals surface area contributed by atoms with Crippen molar-refractivity contribution in [2.24, 2.45) is 7.05 Å². The van der Waals surface area contributed by atoms with E-state index in [9.17, 15) is 26.4 Å². The molecular weight excluding hydrogens is 413 g/mol. The summed E-state index contributed by atoms with van der Waals surface area (Å²) in [5, 5.41) is -0.0555. The predicted octanol–water partition coefficient (Wildman–Crippen LogP) is 1.86. The fourth-order valence-electron chi connectivity index (χ4n) is 2.97. The number of nitrogens with zero attached hydrogens (tertiary/aromatic N) is 4. The van der Waals surface area contributed by atoms with Crippen LogP contribution in [0.3, 0.4) is 0 Å². The topological polar surface area (TPSA) is 84.7 Å². The van der Waals surface area contributed by atoms with Gasteiger partial charge in [0.25, 0.3) is 15.9 Å². The van der Waals surface area contributed by atoms with Crippen LogP contribution in [0.5, 0.6) is 5.75 Å². The molecule has 2 heterocycles. The van der Waals surface area contributed by atoms with Crippen molar-refractivity contribution in [1.82, 2.24) is 18.8 Å². The second-order valence-corrected chi connectivity index (χ2v) is 8.38. The first-order valence-corrected chi connectivity index (χ1v) is 10.1. The van der Waals surface area contributed by atoms with Gasteiger partial charge in [-0.15, -0.1) is 13.2 Å². The van der Waals surface area contributed by atoms with Crippen molar-refractivity contribution in [1.29, 1.82) is 0 Å². The maximum Gasteiger partial charge on any atom is 0.573 e. The lowest BCUT2D eigenvalue weighted by Gasteiger charge is -2.21. The van der Waals surface area contributed by atoms with Gasteiger partial charge in [-0.1, -0.05) is 0 Å². The van der Waals surface area contributed by atoms with Crippen LogP contribution in [-0.4, -0.2) is 65.6 Å². The zero-order chi connectivity index (χ0) is 21.2. The van der Waals surface area contributed by atoms with Crippen LogP contribution in [-0.2, 0) is 17.1 Å². The van der Waals surface area contributed by atoms with Gasteiger partial charge in [-0.05, 0) is 30.7 Å². The summed E-state index contributed by atoms with van der Waals surface area (Å²) in [6.45, 7) is 0.820. The van der Waals surface area contributed by atoms with E-state index in [1.54, 1.807) is 7.05 Å². The smallest absolute Gasteiger partial charge is 0.406 e. The number of rotatable bonds is 4. The molecule has 1 aromatic heterocycles. The molecule has 0 spiro atoms. The van der Waals surface area contributed by atoms with Crippen molar-refractivity contribution in [3.63, 3.8) is 0 Å². The van der Waals surface area contributed by atoms with Crippen LogP contribution in [0.4, 0.5) is 13.2 Å². The molecule has 1 amide bonds. The van der Waals surface area contributed by atoms with Crippen molar-refractivity contribution >= 4 is 15.9 Å². The molecule has 0 bridgehead atoms. The first kappa shape index (κ1) is 21.1. The number of ether oxygens (including phenoxy) is 1. The van der Waals surface area contributed by atoms with Crippen LogP contribution in [0, 0.1) is 0 Å². The van der Waals surface area contributed by atoms with Gasteiger partial charge in [0.2, 0.25) is 0 Å². The van der Waals surface area contributed by atoms with Gasteiger partial charge in [0.05, 0.1) is 6.33 Å². The highest BCUT2D eigenvalue weighted by atomic mass is 32.2. The second kappa shape index (κ2) is 8.03. The van der Waals surface area contributed by atoms with E-state index in [-0.39, 0.29) is 36.1 Å². The molecule has 1 fully saturated rings. The number of aromatic nitrogens is 2. The molecule has 1 aliphatic heterocycles. The highest BCUT2D eigenvalue weighted by molar-refractivity contribution is 7.89. The number of alkyl halides is 3. The van der Waals surface area contributed by atoms with Crippen molar-refractivity contribution < 1.29 is 31.1 Å². The van der Waals surface area contributed by atoms with Gasteiger partial charge in [-0.25, -0.2) is 13.4 Å². The molecule has 0 atom stereocenters. The van der Waals surface area contributed by atoms with E-state index in [4.69, 9.17) is 0 Å². The minimum Gasteiger partial charge on any atom is -0.406 e. The maximum atomic E-state index is 12.7. The Morgan fingerprint density at radius 1 is 1.10 bits per heavy atom. The van der Waals surface area contributed by atoms with Gasteiger partial charge in [0.1, 0.15) is 5.75 Å². The Labute approximate surface area is 165 Å². The number of hydrogen-bond acceptors (Lipinski definition) is 5. The molecule has 8 nitrogen and oxygen atoms in total. The molecule has 0 N–H and O–H groups in total. The molecule has 1 saturated heterocycles. The number of carbonyl (C=O) groups excluding carboxylic acids is 1. The normalized spacial score (nSPS) is 16.5. The van der Waals surface area contributed by atoms with Gasteiger partial charge < -0.3 is 14.2 Å². The Bertz CT molecular complexity index is 973. The van der Waals surface area contributed by atoms with Gasteiger partial charge >= 0.3 is 6.36 Å². The van der Waals surface area contributed by atoms with Gasteiger partial charge in [-0.3, -0.25) is 4.79 Å². The maximum absolute atomic E-state index is 12.7. The van der Waals surface area contributed by atoms with Crippen molar-refractivity contribution in [3.05, 3.63) is 42.4 Å².